The number of hydrogen-bond donors (Lipinski definition) is 1. The van der Waals surface area contributed by atoms with Crippen LogP contribution < -0.4 is 5.32 Å². The predicted molar refractivity (Wildman–Crippen MR) is 106 cm³/mol. The second-order valence-electron chi connectivity index (χ2n) is 7.22. The standard InChI is InChI=1S/C20H27ClN2O2S/c21-17-8-4-5-9-18(17)26-14-19(24)22-16-10-12-23(13-11-16)20(25)15-6-2-1-3-7-15/h4-5,8-9,15-16H,1-3,6-7,10-14H2,(H,22,24). The van der Waals surface area contributed by atoms with Crippen LogP contribution in [0.25, 0.3) is 0 Å². The fourth-order valence-corrected chi connectivity index (χ4v) is 4.88. The minimum absolute atomic E-state index is 0.0342. The van der Waals surface area contributed by atoms with Crippen LogP contribution in [-0.4, -0.2) is 41.6 Å². The van der Waals surface area contributed by atoms with Gasteiger partial charge < -0.3 is 10.2 Å². The van der Waals surface area contributed by atoms with Crippen molar-refractivity contribution in [1.82, 2.24) is 10.2 Å². The molecule has 2 aliphatic rings. The summed E-state index contributed by atoms with van der Waals surface area (Å²) in [6, 6.07) is 7.74. The summed E-state index contributed by atoms with van der Waals surface area (Å²) in [5.41, 5.74) is 0. The fourth-order valence-electron chi connectivity index (χ4n) is 3.83. The highest BCUT2D eigenvalue weighted by atomic mass is 35.5. The SMILES string of the molecule is O=C(CSc1ccccc1Cl)NC1CCN(C(=O)C2CCCCC2)CC1. The summed E-state index contributed by atoms with van der Waals surface area (Å²) in [6.07, 6.45) is 7.44. The van der Waals surface area contributed by atoms with E-state index in [-0.39, 0.29) is 17.9 Å². The summed E-state index contributed by atoms with van der Waals surface area (Å²) in [5, 5.41) is 3.79. The lowest BCUT2D eigenvalue weighted by Gasteiger charge is -2.35. The number of amides is 2. The van der Waals surface area contributed by atoms with Crippen LogP contribution in [0.1, 0.15) is 44.9 Å². The highest BCUT2D eigenvalue weighted by Crippen LogP contribution is 2.27. The molecule has 1 saturated carbocycles. The number of nitrogens with zero attached hydrogens (tertiary/aromatic N) is 1. The van der Waals surface area contributed by atoms with Crippen LogP contribution >= 0.6 is 23.4 Å². The molecular formula is C20H27ClN2O2S. The zero-order chi connectivity index (χ0) is 18.4. The molecule has 4 nitrogen and oxygen atoms in total. The lowest BCUT2D eigenvalue weighted by atomic mass is 9.87. The number of piperidine rings is 1. The Morgan fingerprint density at radius 3 is 2.46 bits per heavy atom. The Morgan fingerprint density at radius 2 is 1.77 bits per heavy atom. The van der Waals surface area contributed by atoms with E-state index in [0.717, 1.165) is 43.7 Å². The number of carbonyl (C=O) groups is 2. The smallest absolute Gasteiger partial charge is 0.230 e. The molecule has 0 atom stereocenters. The first-order chi connectivity index (χ1) is 12.6. The maximum absolute atomic E-state index is 12.6. The van der Waals surface area contributed by atoms with Crippen LogP contribution in [0.5, 0.6) is 0 Å². The molecular weight excluding hydrogens is 368 g/mol. The molecule has 0 spiro atoms. The second kappa shape index (κ2) is 9.65. The molecule has 0 aromatic heterocycles. The third-order valence-electron chi connectivity index (χ3n) is 5.32. The van der Waals surface area contributed by atoms with Gasteiger partial charge in [0, 0.05) is 29.9 Å². The zero-order valence-electron chi connectivity index (χ0n) is 15.1. The number of likely N-dealkylation sites (tertiary alicyclic amines) is 1. The molecule has 0 radical (unpaired) electrons. The molecule has 0 bridgehead atoms. The van der Waals surface area contributed by atoms with Crippen molar-refractivity contribution in [1.29, 1.82) is 0 Å². The van der Waals surface area contributed by atoms with Gasteiger partial charge in [0.2, 0.25) is 11.8 Å². The van der Waals surface area contributed by atoms with Gasteiger partial charge in [-0.15, -0.1) is 11.8 Å². The fraction of sp³-hybridized carbons (Fsp3) is 0.600. The number of nitrogens with one attached hydrogen (secondary N) is 1. The van der Waals surface area contributed by atoms with Crippen molar-refractivity contribution in [3.63, 3.8) is 0 Å². The van der Waals surface area contributed by atoms with Gasteiger partial charge in [-0.3, -0.25) is 9.59 Å². The molecule has 0 unspecified atom stereocenters. The van der Waals surface area contributed by atoms with E-state index in [1.54, 1.807) is 0 Å². The van der Waals surface area contributed by atoms with Crippen molar-refractivity contribution >= 4 is 35.2 Å². The Balaban J connectivity index is 1.38. The molecule has 3 rings (SSSR count). The Hall–Kier alpha value is -1.20. The highest BCUT2D eigenvalue weighted by molar-refractivity contribution is 8.00. The molecule has 2 amide bonds. The molecule has 1 saturated heterocycles. The highest BCUT2D eigenvalue weighted by Gasteiger charge is 2.29. The monoisotopic (exact) mass is 394 g/mol. The van der Waals surface area contributed by atoms with E-state index in [0.29, 0.717) is 16.7 Å². The lowest BCUT2D eigenvalue weighted by Crippen LogP contribution is -2.48. The molecule has 1 aromatic rings. The van der Waals surface area contributed by atoms with Gasteiger partial charge in [0.25, 0.3) is 0 Å². The van der Waals surface area contributed by atoms with Crippen molar-refractivity contribution in [3.05, 3.63) is 29.3 Å². The van der Waals surface area contributed by atoms with E-state index < -0.39 is 0 Å². The third kappa shape index (κ3) is 5.40. The van der Waals surface area contributed by atoms with Crippen molar-refractivity contribution in [2.45, 2.75) is 55.9 Å². The summed E-state index contributed by atoms with van der Waals surface area (Å²) < 4.78 is 0. The summed E-state index contributed by atoms with van der Waals surface area (Å²) in [6.45, 7) is 1.52. The van der Waals surface area contributed by atoms with Crippen LogP contribution in [-0.2, 0) is 9.59 Å². The van der Waals surface area contributed by atoms with E-state index >= 15 is 0 Å². The molecule has 1 heterocycles. The molecule has 1 N–H and O–H groups in total. The summed E-state index contributed by atoms with van der Waals surface area (Å²) in [4.78, 5) is 27.7. The molecule has 1 aliphatic carbocycles. The van der Waals surface area contributed by atoms with Crippen LogP contribution in [0.2, 0.25) is 5.02 Å². The first-order valence-electron chi connectivity index (χ1n) is 9.59. The number of halogens is 1. The number of thioether (sulfide) groups is 1. The number of rotatable bonds is 5. The summed E-state index contributed by atoms with van der Waals surface area (Å²) >= 11 is 7.58. The topological polar surface area (TPSA) is 49.4 Å². The van der Waals surface area contributed by atoms with Gasteiger partial charge in [0.15, 0.2) is 0 Å². The Kier molecular flexibility index (Phi) is 7.26. The minimum atomic E-state index is 0.0342. The number of carbonyl (C=O) groups excluding carboxylic acids is 2. The average Bonchev–Trinajstić information content (AvgIpc) is 2.68. The summed E-state index contributed by atoms with van der Waals surface area (Å²) in [7, 11) is 0. The third-order valence-corrected chi connectivity index (χ3v) is 6.84. The molecule has 26 heavy (non-hydrogen) atoms. The van der Waals surface area contributed by atoms with Crippen LogP contribution in [0, 0.1) is 5.92 Å². The predicted octanol–water partition coefficient (Wildman–Crippen LogP) is 4.12. The van der Waals surface area contributed by atoms with E-state index in [1.165, 1.54) is 31.0 Å². The van der Waals surface area contributed by atoms with E-state index in [9.17, 15) is 9.59 Å². The van der Waals surface area contributed by atoms with E-state index in [1.807, 2.05) is 29.2 Å². The van der Waals surface area contributed by atoms with Gasteiger partial charge in [-0.2, -0.15) is 0 Å². The number of benzene rings is 1. The average molecular weight is 395 g/mol. The van der Waals surface area contributed by atoms with Gasteiger partial charge in [0.05, 0.1) is 10.8 Å². The van der Waals surface area contributed by atoms with Gasteiger partial charge in [-0.1, -0.05) is 43.0 Å². The van der Waals surface area contributed by atoms with Crippen molar-refractivity contribution < 1.29 is 9.59 Å². The van der Waals surface area contributed by atoms with Crippen LogP contribution in [0.3, 0.4) is 0 Å². The molecule has 1 aliphatic heterocycles. The first kappa shape index (κ1) is 19.6. The first-order valence-corrected chi connectivity index (χ1v) is 11.0. The van der Waals surface area contributed by atoms with E-state index in [4.69, 9.17) is 11.6 Å². The summed E-state index contributed by atoms with van der Waals surface area (Å²) in [5.74, 6) is 0.975. The molecule has 142 valence electrons. The molecule has 6 heteroatoms. The minimum Gasteiger partial charge on any atom is -0.353 e. The van der Waals surface area contributed by atoms with Crippen molar-refractivity contribution in [3.8, 4) is 0 Å². The van der Waals surface area contributed by atoms with Gasteiger partial charge in [-0.05, 0) is 37.8 Å². The van der Waals surface area contributed by atoms with E-state index in [2.05, 4.69) is 5.32 Å². The maximum Gasteiger partial charge on any atom is 0.230 e. The molecule has 2 fully saturated rings. The number of hydrogen-bond acceptors (Lipinski definition) is 3. The van der Waals surface area contributed by atoms with Gasteiger partial charge in [0.1, 0.15) is 0 Å². The Morgan fingerprint density at radius 1 is 1.08 bits per heavy atom. The normalized spacial score (nSPS) is 19.3. The zero-order valence-corrected chi connectivity index (χ0v) is 16.7. The Bertz CT molecular complexity index is 626. The van der Waals surface area contributed by atoms with Crippen LogP contribution in [0.4, 0.5) is 0 Å². The van der Waals surface area contributed by atoms with Gasteiger partial charge >= 0.3 is 0 Å². The van der Waals surface area contributed by atoms with Crippen LogP contribution in [0.15, 0.2) is 29.2 Å². The largest absolute Gasteiger partial charge is 0.353 e. The second-order valence-corrected chi connectivity index (χ2v) is 8.65. The van der Waals surface area contributed by atoms with Crippen molar-refractivity contribution in [2.24, 2.45) is 5.92 Å². The molecule has 1 aromatic carbocycles. The van der Waals surface area contributed by atoms with Crippen molar-refractivity contribution in [2.75, 3.05) is 18.8 Å². The quantitative estimate of drug-likeness (QED) is 0.764. The Labute approximate surface area is 165 Å². The lowest BCUT2D eigenvalue weighted by molar-refractivity contribution is -0.137. The maximum atomic E-state index is 12.6. The van der Waals surface area contributed by atoms with Gasteiger partial charge in [-0.25, -0.2) is 0 Å².